The minimum atomic E-state index is -0.634. The van der Waals surface area contributed by atoms with E-state index in [1.807, 2.05) is 19.1 Å². The molecule has 0 aromatic heterocycles. The summed E-state index contributed by atoms with van der Waals surface area (Å²) in [5.74, 6) is -0.290. The first-order valence-electron chi connectivity index (χ1n) is 9.16. The lowest BCUT2D eigenvalue weighted by Crippen LogP contribution is -2.45. The molecule has 1 aromatic rings. The van der Waals surface area contributed by atoms with Gasteiger partial charge in [-0.1, -0.05) is 44.4 Å². The molecule has 1 fully saturated rings. The summed E-state index contributed by atoms with van der Waals surface area (Å²) >= 11 is 0. The van der Waals surface area contributed by atoms with Crippen LogP contribution in [0.2, 0.25) is 0 Å². The van der Waals surface area contributed by atoms with Crippen LogP contribution in [0.25, 0.3) is 0 Å². The van der Waals surface area contributed by atoms with E-state index in [1.54, 1.807) is 12.1 Å². The molecule has 0 bridgehead atoms. The number of rotatable bonds is 6. The summed E-state index contributed by atoms with van der Waals surface area (Å²) in [7, 11) is 0. The molecule has 0 unspecified atom stereocenters. The minimum Gasteiger partial charge on any atom is -0.454 e. The second-order valence-electron chi connectivity index (χ2n) is 7.15. The molecule has 142 valence electrons. The molecule has 2 amide bonds. The molecule has 2 rings (SSSR count). The lowest BCUT2D eigenvalue weighted by Gasteiger charge is -2.34. The van der Waals surface area contributed by atoms with Crippen LogP contribution >= 0.6 is 0 Å². The normalized spacial score (nSPS) is 22.3. The third-order valence-corrected chi connectivity index (χ3v) is 5.12. The second kappa shape index (κ2) is 9.36. The first-order valence-corrected chi connectivity index (χ1v) is 9.16. The topological polar surface area (TPSA) is 84.5 Å². The predicted molar refractivity (Wildman–Crippen MR) is 98.6 cm³/mol. The van der Waals surface area contributed by atoms with Gasteiger partial charge < -0.3 is 15.4 Å². The van der Waals surface area contributed by atoms with Gasteiger partial charge in [-0.15, -0.1) is 0 Å². The van der Waals surface area contributed by atoms with Gasteiger partial charge in [-0.3, -0.25) is 14.4 Å². The molecule has 1 aliphatic rings. The molecule has 1 aromatic carbocycles. The van der Waals surface area contributed by atoms with E-state index in [1.165, 1.54) is 6.42 Å². The Hall–Kier alpha value is -2.37. The number of amides is 2. The third kappa shape index (κ3) is 5.86. The first kappa shape index (κ1) is 19.9. The van der Waals surface area contributed by atoms with Gasteiger partial charge in [0.2, 0.25) is 0 Å². The van der Waals surface area contributed by atoms with Gasteiger partial charge in [0, 0.05) is 11.6 Å². The minimum absolute atomic E-state index is 0.131. The number of hydrogen-bond donors (Lipinski definition) is 2. The van der Waals surface area contributed by atoms with Crippen molar-refractivity contribution in [3.63, 3.8) is 0 Å². The number of esters is 1. The van der Waals surface area contributed by atoms with Gasteiger partial charge in [-0.05, 0) is 37.3 Å². The Labute approximate surface area is 154 Å². The van der Waals surface area contributed by atoms with E-state index in [-0.39, 0.29) is 31.0 Å². The molecular formula is C20H28N2O4. The highest BCUT2D eigenvalue weighted by Crippen LogP contribution is 2.29. The quantitative estimate of drug-likeness (QED) is 0.762. The van der Waals surface area contributed by atoms with Crippen LogP contribution in [0.5, 0.6) is 0 Å². The van der Waals surface area contributed by atoms with Gasteiger partial charge in [-0.25, -0.2) is 0 Å². The second-order valence-corrected chi connectivity index (χ2v) is 7.15. The Morgan fingerprint density at radius 3 is 2.50 bits per heavy atom. The first-order chi connectivity index (χ1) is 12.4. The van der Waals surface area contributed by atoms with Crippen LogP contribution in [0.3, 0.4) is 0 Å². The van der Waals surface area contributed by atoms with Crippen molar-refractivity contribution in [3.05, 3.63) is 35.4 Å². The fourth-order valence-electron chi connectivity index (χ4n) is 3.19. The maximum atomic E-state index is 12.0. The predicted octanol–water partition coefficient (Wildman–Crippen LogP) is 2.21. The van der Waals surface area contributed by atoms with Crippen molar-refractivity contribution < 1.29 is 19.1 Å². The Morgan fingerprint density at radius 1 is 1.12 bits per heavy atom. The highest BCUT2D eigenvalue weighted by molar-refractivity contribution is 5.96. The van der Waals surface area contributed by atoms with E-state index < -0.39 is 5.97 Å². The van der Waals surface area contributed by atoms with Crippen LogP contribution in [0, 0.1) is 18.8 Å². The molecule has 0 aliphatic heterocycles. The molecule has 6 heteroatoms. The Kier molecular flexibility index (Phi) is 7.18. The number of carbonyl (C=O) groups is 3. The number of carbonyl (C=O) groups excluding carboxylic acids is 3. The van der Waals surface area contributed by atoms with Crippen molar-refractivity contribution >= 4 is 17.8 Å². The van der Waals surface area contributed by atoms with Crippen LogP contribution in [0.4, 0.5) is 0 Å². The zero-order valence-corrected chi connectivity index (χ0v) is 15.7. The molecule has 6 nitrogen and oxygen atoms in total. The highest BCUT2D eigenvalue weighted by atomic mass is 16.5. The molecule has 1 aliphatic carbocycles. The summed E-state index contributed by atoms with van der Waals surface area (Å²) in [4.78, 5) is 35.6. The van der Waals surface area contributed by atoms with Gasteiger partial charge in [0.15, 0.2) is 6.61 Å². The Morgan fingerprint density at radius 2 is 1.81 bits per heavy atom. The van der Waals surface area contributed by atoms with Crippen molar-refractivity contribution in [2.24, 2.45) is 11.8 Å². The zero-order chi connectivity index (χ0) is 19.1. The lowest BCUT2D eigenvalue weighted by atomic mass is 9.78. The van der Waals surface area contributed by atoms with Crippen molar-refractivity contribution in [1.82, 2.24) is 10.6 Å². The number of nitrogens with one attached hydrogen (secondary N) is 2. The maximum Gasteiger partial charge on any atom is 0.325 e. The SMILES string of the molecule is Cc1ccc(C(=O)NCC(=O)OCC(=O)N[C@H]2CCC[C@H](C)[C@@H]2C)cc1. The van der Waals surface area contributed by atoms with Crippen molar-refractivity contribution in [1.29, 1.82) is 0 Å². The van der Waals surface area contributed by atoms with E-state index in [4.69, 9.17) is 4.74 Å². The number of hydrogen-bond acceptors (Lipinski definition) is 4. The van der Waals surface area contributed by atoms with Crippen LogP contribution in [0.1, 0.15) is 49.0 Å². The van der Waals surface area contributed by atoms with Gasteiger partial charge in [0.05, 0.1) is 0 Å². The van der Waals surface area contributed by atoms with Gasteiger partial charge in [-0.2, -0.15) is 0 Å². The smallest absolute Gasteiger partial charge is 0.325 e. The molecule has 0 spiro atoms. The molecule has 0 heterocycles. The zero-order valence-electron chi connectivity index (χ0n) is 15.7. The Bertz CT molecular complexity index is 642. The van der Waals surface area contributed by atoms with E-state index in [0.29, 0.717) is 17.4 Å². The summed E-state index contributed by atoms with van der Waals surface area (Å²) in [5.41, 5.74) is 1.52. The van der Waals surface area contributed by atoms with Crippen LogP contribution in [-0.2, 0) is 14.3 Å². The van der Waals surface area contributed by atoms with Crippen molar-refractivity contribution in [2.75, 3.05) is 13.2 Å². The summed E-state index contributed by atoms with van der Waals surface area (Å²) in [5, 5.41) is 5.44. The molecule has 2 N–H and O–H groups in total. The number of benzene rings is 1. The maximum absolute atomic E-state index is 12.0. The Balaban J connectivity index is 1.68. The standard InChI is InChI=1S/C20H28N2O4/c1-13-7-9-16(10-8-13)20(25)21-11-19(24)26-12-18(23)22-17-6-4-5-14(2)15(17)3/h7-10,14-15,17H,4-6,11-12H2,1-3H3,(H,21,25)(H,22,23)/t14-,15-,17-/m0/s1. The molecule has 0 saturated heterocycles. The fraction of sp³-hybridized carbons (Fsp3) is 0.550. The van der Waals surface area contributed by atoms with Crippen molar-refractivity contribution in [2.45, 2.75) is 46.1 Å². The van der Waals surface area contributed by atoms with E-state index in [0.717, 1.165) is 18.4 Å². The average Bonchev–Trinajstić information content (AvgIpc) is 2.62. The fourth-order valence-corrected chi connectivity index (χ4v) is 3.19. The monoisotopic (exact) mass is 360 g/mol. The van der Waals surface area contributed by atoms with Gasteiger partial charge in [0.1, 0.15) is 6.54 Å². The van der Waals surface area contributed by atoms with E-state index in [9.17, 15) is 14.4 Å². The van der Waals surface area contributed by atoms with Crippen LogP contribution in [-0.4, -0.2) is 37.0 Å². The lowest BCUT2D eigenvalue weighted by molar-refractivity contribution is -0.147. The summed E-state index contributed by atoms with van der Waals surface area (Å²) in [6, 6.07) is 7.16. The third-order valence-electron chi connectivity index (χ3n) is 5.12. The van der Waals surface area contributed by atoms with Crippen molar-refractivity contribution in [3.8, 4) is 0 Å². The number of ether oxygens (including phenoxy) is 1. The van der Waals surface area contributed by atoms with E-state index >= 15 is 0 Å². The average molecular weight is 360 g/mol. The summed E-state index contributed by atoms with van der Waals surface area (Å²) < 4.78 is 4.95. The van der Waals surface area contributed by atoms with Crippen LogP contribution < -0.4 is 10.6 Å². The molecule has 0 radical (unpaired) electrons. The molecular weight excluding hydrogens is 332 g/mol. The summed E-state index contributed by atoms with van der Waals surface area (Å²) in [6.07, 6.45) is 3.24. The van der Waals surface area contributed by atoms with E-state index in [2.05, 4.69) is 24.5 Å². The number of aryl methyl sites for hydroxylation is 1. The largest absolute Gasteiger partial charge is 0.454 e. The highest BCUT2D eigenvalue weighted by Gasteiger charge is 2.28. The van der Waals surface area contributed by atoms with Gasteiger partial charge in [0.25, 0.3) is 11.8 Å². The van der Waals surface area contributed by atoms with Crippen LogP contribution in [0.15, 0.2) is 24.3 Å². The molecule has 1 saturated carbocycles. The molecule has 3 atom stereocenters. The summed E-state index contributed by atoms with van der Waals surface area (Å²) in [6.45, 7) is 5.67. The molecule has 26 heavy (non-hydrogen) atoms. The van der Waals surface area contributed by atoms with Gasteiger partial charge >= 0.3 is 5.97 Å².